The van der Waals surface area contributed by atoms with E-state index < -0.39 is 0 Å². The maximum absolute atomic E-state index is 4.76. The molecule has 1 saturated carbocycles. The maximum atomic E-state index is 4.76. The molecule has 12 heavy (non-hydrogen) atoms. The summed E-state index contributed by atoms with van der Waals surface area (Å²) in [5, 5.41) is 3.09. The third-order valence-electron chi connectivity index (χ3n) is 2.19. The van der Waals surface area contributed by atoms with E-state index in [0.717, 1.165) is 5.92 Å². The number of rotatable bonds is 3. The summed E-state index contributed by atoms with van der Waals surface area (Å²) >= 11 is 4.76. The molecule has 1 fully saturated rings. The van der Waals surface area contributed by atoms with Gasteiger partial charge < -0.3 is 5.32 Å². The molecule has 1 aliphatic rings. The molecule has 1 aromatic rings. The van der Waals surface area contributed by atoms with Crippen LogP contribution in [0.5, 0.6) is 0 Å². The first kappa shape index (κ1) is 7.74. The normalized spacial score (nSPS) is 15.7. The molecular weight excluding hydrogens is 166 g/mol. The first-order chi connectivity index (χ1) is 5.92. The quantitative estimate of drug-likeness (QED) is 0.712. The van der Waals surface area contributed by atoms with Crippen LogP contribution >= 0.6 is 12.2 Å². The zero-order chi connectivity index (χ0) is 8.39. The highest BCUT2D eigenvalue weighted by Gasteiger charge is 2.25. The highest BCUT2D eigenvalue weighted by molar-refractivity contribution is 7.79. The van der Waals surface area contributed by atoms with Crippen LogP contribution in [0.25, 0.3) is 0 Å². The fourth-order valence-electron chi connectivity index (χ4n) is 1.44. The van der Waals surface area contributed by atoms with Crippen LogP contribution < -0.4 is 5.32 Å². The molecule has 0 aliphatic heterocycles. The standard InChI is InChI=1S/C10H11NS/c12-7-11-10-4-2-1-3-9(10)8-5-6-8/h1-4,7-8H,5-6H2,(H,11,12). The lowest BCUT2D eigenvalue weighted by molar-refractivity contribution is 1.13. The van der Waals surface area contributed by atoms with Crippen molar-refractivity contribution in [1.82, 2.24) is 0 Å². The fourth-order valence-corrected chi connectivity index (χ4v) is 1.57. The number of nitrogens with one attached hydrogen (secondary N) is 1. The van der Waals surface area contributed by atoms with E-state index in [1.54, 1.807) is 5.49 Å². The van der Waals surface area contributed by atoms with Crippen molar-refractivity contribution in [3.63, 3.8) is 0 Å². The Hall–Kier alpha value is -0.890. The number of benzene rings is 1. The lowest BCUT2D eigenvalue weighted by atomic mass is 10.1. The van der Waals surface area contributed by atoms with Crippen molar-refractivity contribution in [1.29, 1.82) is 0 Å². The fraction of sp³-hybridized carbons (Fsp3) is 0.300. The van der Waals surface area contributed by atoms with Gasteiger partial charge in [-0.2, -0.15) is 0 Å². The molecule has 0 heterocycles. The van der Waals surface area contributed by atoms with Gasteiger partial charge in [0.2, 0.25) is 0 Å². The van der Waals surface area contributed by atoms with Crippen LogP contribution in [0.15, 0.2) is 24.3 Å². The summed E-state index contributed by atoms with van der Waals surface area (Å²) in [5.41, 5.74) is 4.16. The Balaban J connectivity index is 2.29. The lowest BCUT2D eigenvalue weighted by Gasteiger charge is -2.06. The van der Waals surface area contributed by atoms with Crippen LogP contribution in [0.3, 0.4) is 0 Å². The zero-order valence-electron chi connectivity index (χ0n) is 6.79. The molecule has 0 amide bonds. The van der Waals surface area contributed by atoms with Crippen LogP contribution in [0.4, 0.5) is 5.69 Å². The minimum atomic E-state index is 0.781. The Kier molecular flexibility index (Phi) is 2.09. The van der Waals surface area contributed by atoms with Gasteiger partial charge in [0.15, 0.2) is 0 Å². The van der Waals surface area contributed by atoms with E-state index in [1.165, 1.54) is 24.1 Å². The third-order valence-corrected chi connectivity index (χ3v) is 2.31. The largest absolute Gasteiger partial charge is 0.352 e. The number of thiocarbonyl (C=S) groups is 1. The number of hydrogen-bond donors (Lipinski definition) is 1. The zero-order valence-corrected chi connectivity index (χ0v) is 7.60. The highest BCUT2D eigenvalue weighted by Crippen LogP contribution is 2.43. The minimum absolute atomic E-state index is 0.781. The molecule has 0 unspecified atom stereocenters. The molecular formula is C10H11NS. The van der Waals surface area contributed by atoms with Crippen LogP contribution in [0, 0.1) is 0 Å². The molecule has 0 saturated heterocycles. The van der Waals surface area contributed by atoms with Gasteiger partial charge in [0.25, 0.3) is 0 Å². The first-order valence-corrected chi connectivity index (χ1v) is 4.68. The van der Waals surface area contributed by atoms with Gasteiger partial charge in [-0.25, -0.2) is 0 Å². The minimum Gasteiger partial charge on any atom is -0.352 e. The summed E-state index contributed by atoms with van der Waals surface area (Å²) in [4.78, 5) is 0. The summed E-state index contributed by atoms with van der Waals surface area (Å²) in [6.45, 7) is 0. The summed E-state index contributed by atoms with van der Waals surface area (Å²) in [6.07, 6.45) is 2.66. The molecule has 1 nitrogen and oxygen atoms in total. The smallest absolute Gasteiger partial charge is 0.0659 e. The van der Waals surface area contributed by atoms with Crippen molar-refractivity contribution in [3.8, 4) is 0 Å². The predicted octanol–water partition coefficient (Wildman–Crippen LogP) is 2.93. The lowest BCUT2D eigenvalue weighted by Crippen LogP contribution is -1.95. The SMILES string of the molecule is S=CNc1ccccc1C1CC1. The van der Waals surface area contributed by atoms with E-state index in [-0.39, 0.29) is 0 Å². The average Bonchev–Trinajstić information content (AvgIpc) is 2.89. The van der Waals surface area contributed by atoms with Crippen LogP contribution in [-0.2, 0) is 0 Å². The summed E-state index contributed by atoms with van der Waals surface area (Å²) < 4.78 is 0. The van der Waals surface area contributed by atoms with E-state index in [2.05, 4.69) is 23.5 Å². The van der Waals surface area contributed by atoms with E-state index in [4.69, 9.17) is 12.2 Å². The van der Waals surface area contributed by atoms with Gasteiger partial charge in [-0.3, -0.25) is 0 Å². The Morgan fingerprint density at radius 1 is 1.33 bits per heavy atom. The molecule has 1 aromatic carbocycles. The summed E-state index contributed by atoms with van der Waals surface area (Å²) in [5.74, 6) is 0.781. The molecule has 0 aromatic heterocycles. The van der Waals surface area contributed by atoms with E-state index in [9.17, 15) is 0 Å². The van der Waals surface area contributed by atoms with Crippen molar-refractivity contribution in [2.75, 3.05) is 5.32 Å². The maximum Gasteiger partial charge on any atom is 0.0659 e. The van der Waals surface area contributed by atoms with Gasteiger partial charge in [-0.05, 0) is 30.4 Å². The van der Waals surface area contributed by atoms with Gasteiger partial charge in [-0.1, -0.05) is 30.4 Å². The Morgan fingerprint density at radius 2 is 2.08 bits per heavy atom. The molecule has 62 valence electrons. The molecule has 0 atom stereocenters. The van der Waals surface area contributed by atoms with Crippen molar-refractivity contribution >= 4 is 23.4 Å². The average molecular weight is 177 g/mol. The van der Waals surface area contributed by atoms with Crippen molar-refractivity contribution in [2.45, 2.75) is 18.8 Å². The van der Waals surface area contributed by atoms with Crippen LogP contribution in [0.1, 0.15) is 24.3 Å². The van der Waals surface area contributed by atoms with Crippen molar-refractivity contribution in [2.24, 2.45) is 0 Å². The highest BCUT2D eigenvalue weighted by atomic mass is 32.1. The monoisotopic (exact) mass is 177 g/mol. The summed E-state index contributed by atoms with van der Waals surface area (Å²) in [7, 11) is 0. The molecule has 1 aliphatic carbocycles. The Bertz CT molecular complexity index is 292. The van der Waals surface area contributed by atoms with E-state index in [1.807, 2.05) is 6.07 Å². The molecule has 2 heteroatoms. The van der Waals surface area contributed by atoms with E-state index >= 15 is 0 Å². The van der Waals surface area contributed by atoms with Gasteiger partial charge in [0.05, 0.1) is 5.49 Å². The predicted molar refractivity (Wildman–Crippen MR) is 55.7 cm³/mol. The Morgan fingerprint density at radius 3 is 2.75 bits per heavy atom. The van der Waals surface area contributed by atoms with Crippen molar-refractivity contribution < 1.29 is 0 Å². The summed E-state index contributed by atoms with van der Waals surface area (Å²) in [6, 6.07) is 8.38. The Labute approximate surface area is 77.8 Å². The number of anilines is 1. The van der Waals surface area contributed by atoms with Crippen LogP contribution in [0.2, 0.25) is 0 Å². The van der Waals surface area contributed by atoms with Gasteiger partial charge in [0, 0.05) is 5.69 Å². The van der Waals surface area contributed by atoms with Gasteiger partial charge in [-0.15, -0.1) is 0 Å². The second kappa shape index (κ2) is 3.23. The van der Waals surface area contributed by atoms with Crippen molar-refractivity contribution in [3.05, 3.63) is 29.8 Å². The number of hydrogen-bond acceptors (Lipinski definition) is 1. The molecule has 1 N–H and O–H groups in total. The third kappa shape index (κ3) is 1.48. The van der Waals surface area contributed by atoms with Gasteiger partial charge in [0.1, 0.15) is 0 Å². The molecule has 0 bridgehead atoms. The van der Waals surface area contributed by atoms with E-state index in [0.29, 0.717) is 0 Å². The topological polar surface area (TPSA) is 12.0 Å². The molecule has 0 radical (unpaired) electrons. The molecule has 2 rings (SSSR count). The first-order valence-electron chi connectivity index (χ1n) is 4.21. The molecule has 0 spiro atoms. The second-order valence-corrected chi connectivity index (χ2v) is 3.36. The van der Waals surface area contributed by atoms with Crippen LogP contribution in [-0.4, -0.2) is 5.49 Å². The number of para-hydroxylation sites is 1. The second-order valence-electron chi connectivity index (χ2n) is 3.12. The van der Waals surface area contributed by atoms with Gasteiger partial charge >= 0.3 is 0 Å².